The second-order valence-electron chi connectivity index (χ2n) is 5.64. The fourth-order valence-corrected chi connectivity index (χ4v) is 2.77. The summed E-state index contributed by atoms with van der Waals surface area (Å²) in [5.41, 5.74) is 4.14. The van der Waals surface area contributed by atoms with E-state index in [1.165, 1.54) is 23.1 Å². The third kappa shape index (κ3) is 5.29. The Morgan fingerprint density at radius 3 is 2.29 bits per heavy atom. The molecule has 0 aliphatic heterocycles. The summed E-state index contributed by atoms with van der Waals surface area (Å²) < 4.78 is 1.14. The van der Waals surface area contributed by atoms with Crippen LogP contribution in [0.25, 0.3) is 0 Å². The lowest BCUT2D eigenvalue weighted by Gasteiger charge is -2.19. The van der Waals surface area contributed by atoms with Crippen molar-refractivity contribution in [1.82, 2.24) is 5.32 Å². The van der Waals surface area contributed by atoms with E-state index in [4.69, 9.17) is 0 Å². The minimum absolute atomic E-state index is 0.526. The van der Waals surface area contributed by atoms with Gasteiger partial charge in [-0.15, -0.1) is 0 Å². The van der Waals surface area contributed by atoms with E-state index in [-0.39, 0.29) is 0 Å². The van der Waals surface area contributed by atoms with Gasteiger partial charge in [0, 0.05) is 16.9 Å². The van der Waals surface area contributed by atoms with E-state index in [0.29, 0.717) is 5.92 Å². The summed E-state index contributed by atoms with van der Waals surface area (Å²) in [6.45, 7) is 6.47. The first-order valence-corrected chi connectivity index (χ1v) is 8.50. The molecule has 0 saturated heterocycles. The van der Waals surface area contributed by atoms with Crippen molar-refractivity contribution in [2.45, 2.75) is 32.6 Å². The minimum Gasteiger partial charge on any atom is -0.316 e. The van der Waals surface area contributed by atoms with Crippen LogP contribution >= 0.6 is 15.9 Å². The molecule has 0 fully saturated rings. The van der Waals surface area contributed by atoms with Gasteiger partial charge in [-0.3, -0.25) is 0 Å². The minimum atomic E-state index is 0.526. The highest BCUT2D eigenvalue weighted by Crippen LogP contribution is 2.22. The van der Waals surface area contributed by atoms with Gasteiger partial charge in [0.2, 0.25) is 0 Å². The van der Waals surface area contributed by atoms with E-state index < -0.39 is 0 Å². The number of benzene rings is 2. The number of nitrogens with one attached hydrogen (secondary N) is 1. The lowest BCUT2D eigenvalue weighted by atomic mass is 9.91. The lowest BCUT2D eigenvalue weighted by Crippen LogP contribution is -2.23. The van der Waals surface area contributed by atoms with Crippen LogP contribution in [0, 0.1) is 6.92 Å². The van der Waals surface area contributed by atoms with Gasteiger partial charge in [0.05, 0.1) is 0 Å². The normalized spacial score (nSPS) is 12.3. The van der Waals surface area contributed by atoms with Gasteiger partial charge in [0.15, 0.2) is 0 Å². The Morgan fingerprint density at radius 2 is 1.67 bits per heavy atom. The number of rotatable bonds is 7. The molecule has 1 nitrogen and oxygen atoms in total. The van der Waals surface area contributed by atoms with Gasteiger partial charge in [-0.05, 0) is 49.6 Å². The van der Waals surface area contributed by atoms with Crippen LogP contribution < -0.4 is 5.32 Å². The van der Waals surface area contributed by atoms with Gasteiger partial charge in [0.25, 0.3) is 0 Å². The van der Waals surface area contributed by atoms with Crippen molar-refractivity contribution in [3.8, 4) is 0 Å². The van der Waals surface area contributed by atoms with Crippen molar-refractivity contribution in [2.24, 2.45) is 0 Å². The lowest BCUT2D eigenvalue weighted by molar-refractivity contribution is 0.576. The maximum atomic E-state index is 3.57. The Bertz CT molecular complexity index is 530. The van der Waals surface area contributed by atoms with Gasteiger partial charge < -0.3 is 5.32 Å². The van der Waals surface area contributed by atoms with E-state index in [0.717, 1.165) is 24.0 Å². The number of hydrogen-bond donors (Lipinski definition) is 1. The molecule has 0 aromatic heterocycles. The summed E-state index contributed by atoms with van der Waals surface area (Å²) >= 11 is 3.50. The summed E-state index contributed by atoms with van der Waals surface area (Å²) in [6.07, 6.45) is 2.26. The first-order valence-electron chi connectivity index (χ1n) is 7.70. The monoisotopic (exact) mass is 345 g/mol. The van der Waals surface area contributed by atoms with Crippen molar-refractivity contribution in [3.63, 3.8) is 0 Å². The molecule has 2 heteroatoms. The highest BCUT2D eigenvalue weighted by Gasteiger charge is 2.12. The Labute approximate surface area is 136 Å². The van der Waals surface area contributed by atoms with Crippen LogP contribution in [0.1, 0.15) is 36.0 Å². The summed E-state index contributed by atoms with van der Waals surface area (Å²) in [5, 5.41) is 3.57. The molecule has 112 valence electrons. The molecule has 2 aromatic rings. The quantitative estimate of drug-likeness (QED) is 0.689. The average Bonchev–Trinajstić information content (AvgIpc) is 2.49. The molecule has 0 amide bonds. The highest BCUT2D eigenvalue weighted by molar-refractivity contribution is 9.10. The Kier molecular flexibility index (Phi) is 6.47. The zero-order valence-electron chi connectivity index (χ0n) is 12.9. The molecule has 0 bridgehead atoms. The average molecular weight is 346 g/mol. The maximum Gasteiger partial charge on any atom is 0.0175 e. The largest absolute Gasteiger partial charge is 0.316 e. The van der Waals surface area contributed by atoms with Crippen LogP contribution in [0.4, 0.5) is 0 Å². The fraction of sp³-hybridized carbons (Fsp3) is 0.368. The van der Waals surface area contributed by atoms with E-state index in [1.807, 2.05) is 0 Å². The summed E-state index contributed by atoms with van der Waals surface area (Å²) in [7, 11) is 0. The first kappa shape index (κ1) is 16.3. The molecule has 0 spiro atoms. The number of aryl methyl sites for hydroxylation is 1. The second-order valence-corrected chi connectivity index (χ2v) is 6.56. The third-order valence-corrected chi connectivity index (χ3v) is 4.29. The summed E-state index contributed by atoms with van der Waals surface area (Å²) in [4.78, 5) is 0. The van der Waals surface area contributed by atoms with Crippen molar-refractivity contribution < 1.29 is 0 Å². The molecule has 2 aromatic carbocycles. The molecule has 0 aliphatic carbocycles. The zero-order valence-corrected chi connectivity index (χ0v) is 14.5. The number of hydrogen-bond acceptors (Lipinski definition) is 1. The first-order chi connectivity index (χ1) is 10.2. The third-order valence-electron chi connectivity index (χ3n) is 3.76. The van der Waals surface area contributed by atoms with E-state index in [9.17, 15) is 0 Å². The Hall–Kier alpha value is -1.12. The number of halogens is 1. The van der Waals surface area contributed by atoms with Gasteiger partial charge >= 0.3 is 0 Å². The Morgan fingerprint density at radius 1 is 1.00 bits per heavy atom. The van der Waals surface area contributed by atoms with Crippen LogP contribution in [-0.4, -0.2) is 13.1 Å². The van der Waals surface area contributed by atoms with Gasteiger partial charge in [-0.1, -0.05) is 64.8 Å². The molecule has 2 rings (SSSR count). The Balaban J connectivity index is 2.11. The SMILES string of the molecule is CCCNCC(Cc1ccc(Br)cc1)c1ccc(C)cc1. The van der Waals surface area contributed by atoms with E-state index >= 15 is 0 Å². The molecule has 0 radical (unpaired) electrons. The second kappa shape index (κ2) is 8.35. The van der Waals surface area contributed by atoms with Crippen LogP contribution in [-0.2, 0) is 6.42 Å². The van der Waals surface area contributed by atoms with Crippen molar-refractivity contribution in [1.29, 1.82) is 0 Å². The zero-order chi connectivity index (χ0) is 15.1. The predicted molar refractivity (Wildman–Crippen MR) is 94.9 cm³/mol. The molecular formula is C19H24BrN. The molecular weight excluding hydrogens is 322 g/mol. The van der Waals surface area contributed by atoms with Gasteiger partial charge in [-0.25, -0.2) is 0 Å². The molecule has 0 heterocycles. The standard InChI is InChI=1S/C19H24BrN/c1-3-12-21-14-18(17-8-4-15(2)5-9-17)13-16-6-10-19(20)11-7-16/h4-11,18,21H,3,12-14H2,1-2H3. The van der Waals surface area contributed by atoms with Gasteiger partial charge in [-0.2, -0.15) is 0 Å². The van der Waals surface area contributed by atoms with E-state index in [2.05, 4.69) is 83.6 Å². The smallest absolute Gasteiger partial charge is 0.0175 e. The van der Waals surface area contributed by atoms with Crippen LogP contribution in [0.5, 0.6) is 0 Å². The van der Waals surface area contributed by atoms with Gasteiger partial charge in [0.1, 0.15) is 0 Å². The van der Waals surface area contributed by atoms with Crippen molar-refractivity contribution in [3.05, 3.63) is 69.7 Å². The topological polar surface area (TPSA) is 12.0 Å². The van der Waals surface area contributed by atoms with Crippen LogP contribution in [0.2, 0.25) is 0 Å². The fourth-order valence-electron chi connectivity index (χ4n) is 2.50. The molecule has 1 atom stereocenters. The molecule has 1 N–H and O–H groups in total. The maximum absolute atomic E-state index is 3.57. The van der Waals surface area contributed by atoms with E-state index in [1.54, 1.807) is 0 Å². The van der Waals surface area contributed by atoms with Crippen LogP contribution in [0.15, 0.2) is 53.0 Å². The van der Waals surface area contributed by atoms with Crippen LogP contribution in [0.3, 0.4) is 0 Å². The molecule has 1 unspecified atom stereocenters. The van der Waals surface area contributed by atoms with Crippen molar-refractivity contribution >= 4 is 15.9 Å². The summed E-state index contributed by atoms with van der Waals surface area (Å²) in [6, 6.07) is 17.6. The predicted octanol–water partition coefficient (Wildman–Crippen LogP) is 5.08. The van der Waals surface area contributed by atoms with Crippen molar-refractivity contribution in [2.75, 3.05) is 13.1 Å². The highest BCUT2D eigenvalue weighted by atomic mass is 79.9. The molecule has 21 heavy (non-hydrogen) atoms. The summed E-state index contributed by atoms with van der Waals surface area (Å²) in [5.74, 6) is 0.526. The molecule has 0 aliphatic rings. The molecule has 0 saturated carbocycles.